The van der Waals surface area contributed by atoms with Gasteiger partial charge in [-0.3, -0.25) is 4.98 Å². The average Bonchev–Trinajstić information content (AvgIpc) is 2.50. The van der Waals surface area contributed by atoms with Gasteiger partial charge in [0.15, 0.2) is 0 Å². The van der Waals surface area contributed by atoms with Gasteiger partial charge in [-0.25, -0.2) is 4.79 Å². The molecule has 3 rings (SSSR count). The maximum absolute atomic E-state index is 10.9. The van der Waals surface area contributed by atoms with Gasteiger partial charge in [0, 0.05) is 11.1 Å². The number of aromatic nitrogens is 1. The summed E-state index contributed by atoms with van der Waals surface area (Å²) >= 11 is 0. The Bertz CT molecular complexity index is 791. The first-order chi connectivity index (χ1) is 10.5. The van der Waals surface area contributed by atoms with Crippen LogP contribution >= 0.6 is 0 Å². The number of carbonyl (C=O) groups is 1. The van der Waals surface area contributed by atoms with Gasteiger partial charge in [-0.15, -0.1) is 0 Å². The molecule has 0 saturated carbocycles. The van der Waals surface area contributed by atoms with Gasteiger partial charge in [0.25, 0.3) is 0 Å². The Morgan fingerprint density at radius 1 is 0.955 bits per heavy atom. The van der Waals surface area contributed by atoms with E-state index in [9.17, 15) is 4.79 Å². The lowest BCUT2D eigenvalue weighted by molar-refractivity contribution is 0.0699. The summed E-state index contributed by atoms with van der Waals surface area (Å²) < 4.78 is 0. The molecule has 0 spiro atoms. The molecule has 0 fully saturated rings. The van der Waals surface area contributed by atoms with E-state index >= 15 is 0 Å². The number of hydrogen-bond donors (Lipinski definition) is 2. The number of pyridine rings is 1. The van der Waals surface area contributed by atoms with Gasteiger partial charge in [0.1, 0.15) is 5.75 Å². The van der Waals surface area contributed by atoms with Crippen LogP contribution in [-0.4, -0.2) is 21.2 Å². The summed E-state index contributed by atoms with van der Waals surface area (Å²) in [5.74, 6) is -0.568. The maximum atomic E-state index is 10.9. The number of hydrogen-bond acceptors (Lipinski definition) is 3. The van der Waals surface area contributed by atoms with E-state index in [1.807, 2.05) is 50.2 Å². The highest BCUT2D eigenvalue weighted by molar-refractivity contribution is 6.01. The fourth-order valence-corrected chi connectivity index (χ4v) is 1.98. The lowest BCUT2D eigenvalue weighted by Gasteiger charge is -2.01. The van der Waals surface area contributed by atoms with Crippen molar-refractivity contribution in [1.82, 2.24) is 4.98 Å². The van der Waals surface area contributed by atoms with Crippen molar-refractivity contribution in [3.63, 3.8) is 0 Å². The van der Waals surface area contributed by atoms with E-state index in [0.29, 0.717) is 11.3 Å². The first kappa shape index (κ1) is 15.5. The second-order valence-corrected chi connectivity index (χ2v) is 4.92. The third kappa shape index (κ3) is 3.61. The van der Waals surface area contributed by atoms with Gasteiger partial charge in [0.05, 0.1) is 11.1 Å². The predicted molar refractivity (Wildman–Crippen MR) is 86.3 cm³/mol. The minimum Gasteiger partial charge on any atom is -0.508 e. The van der Waals surface area contributed by atoms with Crippen LogP contribution < -0.4 is 0 Å². The van der Waals surface area contributed by atoms with E-state index in [4.69, 9.17) is 10.2 Å². The van der Waals surface area contributed by atoms with E-state index < -0.39 is 5.97 Å². The van der Waals surface area contributed by atoms with E-state index in [2.05, 4.69) is 4.98 Å². The van der Waals surface area contributed by atoms with Crippen LogP contribution in [0.4, 0.5) is 0 Å². The minimum absolute atomic E-state index is 0.256. The number of phenolic OH excluding ortho intramolecular Hbond substituents is 1. The highest BCUT2D eigenvalue weighted by atomic mass is 16.4. The quantitative estimate of drug-likeness (QED) is 0.713. The van der Waals surface area contributed by atoms with Crippen LogP contribution in [0.1, 0.15) is 21.6 Å². The van der Waals surface area contributed by atoms with Crippen LogP contribution in [0.5, 0.6) is 5.75 Å². The molecule has 0 aliphatic carbocycles. The zero-order valence-corrected chi connectivity index (χ0v) is 12.4. The molecule has 0 unspecified atom stereocenters. The number of carboxylic acid groups (broad SMARTS) is 1. The van der Waals surface area contributed by atoms with E-state index in [-0.39, 0.29) is 5.56 Å². The van der Waals surface area contributed by atoms with Crippen LogP contribution in [0, 0.1) is 13.8 Å². The van der Waals surface area contributed by atoms with Gasteiger partial charge in [-0.05, 0) is 37.6 Å². The van der Waals surface area contributed by atoms with Crippen molar-refractivity contribution in [3.05, 3.63) is 71.4 Å². The van der Waals surface area contributed by atoms with Crippen molar-refractivity contribution in [2.75, 3.05) is 0 Å². The number of phenols is 1. The molecule has 0 radical (unpaired) electrons. The molecule has 22 heavy (non-hydrogen) atoms. The van der Waals surface area contributed by atoms with Crippen molar-refractivity contribution < 1.29 is 15.0 Å². The van der Waals surface area contributed by atoms with Crippen LogP contribution in [0.2, 0.25) is 0 Å². The Kier molecular flexibility index (Phi) is 4.73. The number of benzene rings is 2. The molecule has 0 aliphatic rings. The number of carboxylic acids is 1. The molecule has 0 bridgehead atoms. The Labute approximate surface area is 128 Å². The highest BCUT2D eigenvalue weighted by Crippen LogP contribution is 2.17. The van der Waals surface area contributed by atoms with Crippen molar-refractivity contribution >= 4 is 16.9 Å². The summed E-state index contributed by atoms with van der Waals surface area (Å²) in [6.45, 7) is 3.72. The highest BCUT2D eigenvalue weighted by Gasteiger charge is 2.08. The zero-order valence-electron chi connectivity index (χ0n) is 12.4. The average molecular weight is 295 g/mol. The second-order valence-electron chi connectivity index (χ2n) is 4.92. The number of aromatic hydroxyl groups is 1. The lowest BCUT2D eigenvalue weighted by Crippen LogP contribution is -1.99. The number of rotatable bonds is 1. The van der Waals surface area contributed by atoms with Crippen molar-refractivity contribution in [2.24, 2.45) is 0 Å². The van der Waals surface area contributed by atoms with E-state index in [1.165, 1.54) is 0 Å². The van der Waals surface area contributed by atoms with Gasteiger partial charge < -0.3 is 10.2 Å². The Morgan fingerprint density at radius 2 is 1.68 bits per heavy atom. The van der Waals surface area contributed by atoms with Crippen LogP contribution in [0.25, 0.3) is 10.9 Å². The summed E-state index contributed by atoms with van der Waals surface area (Å²) in [7, 11) is 0. The number of aromatic carboxylic acids is 1. The second kappa shape index (κ2) is 6.72. The summed E-state index contributed by atoms with van der Waals surface area (Å²) in [6.07, 6.45) is 0. The molecule has 0 aliphatic heterocycles. The number of aryl methyl sites for hydroxylation is 2. The Balaban J connectivity index is 0.000000188. The third-order valence-electron chi connectivity index (χ3n) is 3.21. The van der Waals surface area contributed by atoms with Gasteiger partial charge in [-0.1, -0.05) is 36.4 Å². The molecule has 3 aromatic rings. The fourth-order valence-electron chi connectivity index (χ4n) is 1.98. The molecule has 0 atom stereocenters. The van der Waals surface area contributed by atoms with Crippen LogP contribution in [0.15, 0.2) is 54.6 Å². The van der Waals surface area contributed by atoms with Crippen molar-refractivity contribution in [3.8, 4) is 5.75 Å². The molecule has 4 nitrogen and oxygen atoms in total. The maximum Gasteiger partial charge on any atom is 0.337 e. The Hall–Kier alpha value is -2.88. The summed E-state index contributed by atoms with van der Waals surface area (Å²) in [6, 6.07) is 16.1. The van der Waals surface area contributed by atoms with Gasteiger partial charge in [0.2, 0.25) is 0 Å². The van der Waals surface area contributed by atoms with Crippen molar-refractivity contribution in [2.45, 2.75) is 13.8 Å². The largest absolute Gasteiger partial charge is 0.508 e. The number of nitrogens with zero attached hydrogens (tertiary/aromatic N) is 1. The molecule has 1 heterocycles. The Morgan fingerprint density at radius 3 is 2.27 bits per heavy atom. The molecule has 2 N–H and O–H groups in total. The molecule has 2 aromatic carbocycles. The summed E-state index contributed by atoms with van der Waals surface area (Å²) in [5.41, 5.74) is 2.56. The number of para-hydroxylation sites is 2. The number of fused-ring (bicyclic) bond motifs is 1. The molecule has 112 valence electrons. The predicted octanol–water partition coefficient (Wildman–Crippen LogP) is 3.94. The molecular weight excluding hydrogens is 278 g/mol. The van der Waals surface area contributed by atoms with E-state index in [1.54, 1.807) is 18.2 Å². The molecule has 0 amide bonds. The first-order valence-corrected chi connectivity index (χ1v) is 6.83. The summed E-state index contributed by atoms with van der Waals surface area (Å²) in [4.78, 5) is 15.1. The lowest BCUT2D eigenvalue weighted by atomic mass is 10.1. The van der Waals surface area contributed by atoms with Crippen LogP contribution in [0.3, 0.4) is 0 Å². The topological polar surface area (TPSA) is 70.4 Å². The molecular formula is C18H17NO3. The third-order valence-corrected chi connectivity index (χ3v) is 3.21. The standard InChI is InChI=1S/C11H9NO2.C7H8O/c1-7-5-6-8-3-2-4-9(11(13)14)10(8)12-7;1-6-4-2-3-5-7(6)8/h2-6H,1H3,(H,13,14);2-5,8H,1H3. The minimum atomic E-state index is -0.936. The zero-order chi connectivity index (χ0) is 16.1. The van der Waals surface area contributed by atoms with Gasteiger partial charge >= 0.3 is 5.97 Å². The normalized spacial score (nSPS) is 9.91. The first-order valence-electron chi connectivity index (χ1n) is 6.83. The smallest absolute Gasteiger partial charge is 0.337 e. The monoisotopic (exact) mass is 295 g/mol. The summed E-state index contributed by atoms with van der Waals surface area (Å²) in [5, 5.41) is 18.7. The SMILES string of the molecule is Cc1ccc2cccc(C(=O)O)c2n1.Cc1ccccc1O. The van der Waals surface area contributed by atoms with E-state index in [0.717, 1.165) is 16.6 Å². The van der Waals surface area contributed by atoms with Gasteiger partial charge in [-0.2, -0.15) is 0 Å². The van der Waals surface area contributed by atoms with Crippen molar-refractivity contribution in [1.29, 1.82) is 0 Å². The fraction of sp³-hybridized carbons (Fsp3) is 0.111. The molecule has 1 aromatic heterocycles. The molecule has 0 saturated heterocycles. The van der Waals surface area contributed by atoms with Crippen LogP contribution in [-0.2, 0) is 0 Å². The molecule has 4 heteroatoms.